The van der Waals surface area contributed by atoms with Crippen LogP contribution in [0, 0.1) is 6.92 Å². The Hall–Kier alpha value is -4.11. The third kappa shape index (κ3) is 7.33. The summed E-state index contributed by atoms with van der Waals surface area (Å²) in [4.78, 5) is 30.4. The predicted octanol–water partition coefficient (Wildman–Crippen LogP) is 6.45. The Balaban J connectivity index is 1.23. The molecule has 0 bridgehead atoms. The summed E-state index contributed by atoms with van der Waals surface area (Å²) in [5.74, 6) is 1.73. The second-order valence-electron chi connectivity index (χ2n) is 11.3. The Morgan fingerprint density at radius 2 is 1.66 bits per heavy atom. The maximum Gasteiger partial charge on any atom is 0.254 e. The molecule has 0 N–H and O–H groups in total. The van der Waals surface area contributed by atoms with Crippen molar-refractivity contribution in [3.63, 3.8) is 0 Å². The van der Waals surface area contributed by atoms with Crippen LogP contribution in [0.25, 0.3) is 17.1 Å². The van der Waals surface area contributed by atoms with Crippen molar-refractivity contribution in [1.29, 1.82) is 0 Å². The highest BCUT2D eigenvalue weighted by molar-refractivity contribution is 7.99. The molecule has 3 aromatic carbocycles. The van der Waals surface area contributed by atoms with E-state index in [2.05, 4.69) is 29.3 Å². The third-order valence-electron chi connectivity index (χ3n) is 8.11. The van der Waals surface area contributed by atoms with E-state index in [-0.39, 0.29) is 23.6 Å². The minimum Gasteiger partial charge on any atom is -0.497 e. The number of rotatable bonds is 11. The van der Waals surface area contributed by atoms with E-state index < -0.39 is 0 Å². The zero-order valence-corrected chi connectivity index (χ0v) is 26.8. The summed E-state index contributed by atoms with van der Waals surface area (Å²) in [6.07, 6.45) is 4.63. The van der Waals surface area contributed by atoms with Gasteiger partial charge in [0.05, 0.1) is 12.9 Å². The lowest BCUT2D eigenvalue weighted by Gasteiger charge is -2.40. The zero-order valence-electron chi connectivity index (χ0n) is 26.0. The number of nitrogens with zero attached hydrogens (tertiary/aromatic N) is 5. The zero-order chi connectivity index (χ0) is 31.1. The molecule has 0 aliphatic carbocycles. The van der Waals surface area contributed by atoms with E-state index in [9.17, 15) is 9.59 Å². The Labute approximate surface area is 264 Å². The molecule has 2 amide bonds. The first kappa shape index (κ1) is 31.3. The summed E-state index contributed by atoms with van der Waals surface area (Å²) in [6.45, 7) is 7.78. The first-order valence-electron chi connectivity index (χ1n) is 15.3. The molecule has 0 saturated carbocycles. The molecule has 9 heteroatoms. The lowest BCUT2D eigenvalue weighted by molar-refractivity contribution is -0.130. The summed E-state index contributed by atoms with van der Waals surface area (Å²) in [5, 5.41) is 9.63. The van der Waals surface area contributed by atoms with E-state index in [1.807, 2.05) is 88.9 Å². The number of benzene rings is 3. The van der Waals surface area contributed by atoms with Crippen molar-refractivity contribution in [2.24, 2.45) is 0 Å². The van der Waals surface area contributed by atoms with Crippen LogP contribution in [-0.4, -0.2) is 74.9 Å². The number of carbonyl (C=O) groups is 2. The standard InChI is InChI=1S/C35H41N5O3S/c1-5-6-7-8-27-11-15-29(16-12-27)34(42)39-22-21-38(23-26(39)3)32(41)24-44-35-37-36-33(28-13-9-25(2)10-14-28)40(35)30-17-19-31(43-4)20-18-30/h9-20,26H,5-8,21-24H2,1-4H3. The number of hydrogen-bond donors (Lipinski definition) is 0. The van der Waals surface area contributed by atoms with Gasteiger partial charge in [-0.05, 0) is 68.7 Å². The van der Waals surface area contributed by atoms with Gasteiger partial charge in [0.2, 0.25) is 5.91 Å². The topological polar surface area (TPSA) is 80.6 Å². The Morgan fingerprint density at radius 1 is 0.932 bits per heavy atom. The minimum atomic E-state index is -0.0782. The second-order valence-corrected chi connectivity index (χ2v) is 12.3. The molecule has 0 spiro atoms. The number of thioether (sulfide) groups is 1. The number of aryl methyl sites for hydroxylation is 2. The average Bonchev–Trinajstić information content (AvgIpc) is 3.48. The maximum absolute atomic E-state index is 13.4. The van der Waals surface area contributed by atoms with E-state index in [0.29, 0.717) is 36.2 Å². The minimum absolute atomic E-state index is 0.0200. The van der Waals surface area contributed by atoms with Crippen molar-refractivity contribution in [3.05, 3.63) is 89.5 Å². The van der Waals surface area contributed by atoms with Gasteiger partial charge in [0.15, 0.2) is 11.0 Å². The van der Waals surface area contributed by atoms with Crippen LogP contribution in [0.2, 0.25) is 0 Å². The molecular weight excluding hydrogens is 570 g/mol. The van der Waals surface area contributed by atoms with E-state index in [4.69, 9.17) is 4.74 Å². The summed E-state index contributed by atoms with van der Waals surface area (Å²) in [5.41, 5.74) is 4.96. The van der Waals surface area contributed by atoms with Crippen LogP contribution >= 0.6 is 11.8 Å². The number of carbonyl (C=O) groups excluding carboxylic acids is 2. The fourth-order valence-corrected chi connectivity index (χ4v) is 6.33. The van der Waals surface area contributed by atoms with Gasteiger partial charge in [0.1, 0.15) is 5.75 Å². The molecule has 8 nitrogen and oxygen atoms in total. The van der Waals surface area contributed by atoms with Gasteiger partial charge < -0.3 is 14.5 Å². The van der Waals surface area contributed by atoms with Gasteiger partial charge in [-0.1, -0.05) is 73.5 Å². The fourth-order valence-electron chi connectivity index (χ4n) is 5.48. The van der Waals surface area contributed by atoms with Crippen LogP contribution in [0.15, 0.2) is 78.0 Å². The van der Waals surface area contributed by atoms with Crippen LogP contribution in [0.5, 0.6) is 5.75 Å². The fraction of sp³-hybridized carbons (Fsp3) is 0.371. The van der Waals surface area contributed by atoms with Gasteiger partial charge in [-0.25, -0.2) is 0 Å². The van der Waals surface area contributed by atoms with Crippen LogP contribution in [0.4, 0.5) is 0 Å². The van der Waals surface area contributed by atoms with Gasteiger partial charge in [-0.15, -0.1) is 10.2 Å². The molecule has 230 valence electrons. The van der Waals surface area contributed by atoms with Crippen LogP contribution in [-0.2, 0) is 11.2 Å². The van der Waals surface area contributed by atoms with Gasteiger partial charge in [0, 0.05) is 42.5 Å². The van der Waals surface area contributed by atoms with Crippen LogP contribution < -0.4 is 4.74 Å². The molecule has 1 aliphatic heterocycles. The van der Waals surface area contributed by atoms with E-state index in [1.54, 1.807) is 7.11 Å². The van der Waals surface area contributed by atoms with Crippen molar-refractivity contribution < 1.29 is 14.3 Å². The highest BCUT2D eigenvalue weighted by Gasteiger charge is 2.30. The molecule has 0 radical (unpaired) electrons. The quantitative estimate of drug-likeness (QED) is 0.143. The van der Waals surface area contributed by atoms with E-state index in [0.717, 1.165) is 29.0 Å². The SMILES string of the molecule is CCCCCc1ccc(C(=O)N2CCN(C(=O)CSc3nnc(-c4ccc(C)cc4)n3-c3ccc(OC)cc3)CC2C)cc1. The van der Waals surface area contributed by atoms with Gasteiger partial charge in [0.25, 0.3) is 5.91 Å². The molecule has 44 heavy (non-hydrogen) atoms. The molecule has 1 saturated heterocycles. The smallest absolute Gasteiger partial charge is 0.254 e. The number of ether oxygens (including phenoxy) is 1. The Morgan fingerprint density at radius 3 is 2.32 bits per heavy atom. The second kappa shape index (κ2) is 14.6. The number of amides is 2. The van der Waals surface area contributed by atoms with Crippen molar-refractivity contribution in [2.45, 2.75) is 57.7 Å². The summed E-state index contributed by atoms with van der Waals surface area (Å²) >= 11 is 1.37. The first-order chi connectivity index (χ1) is 21.4. The lowest BCUT2D eigenvalue weighted by Crippen LogP contribution is -2.55. The monoisotopic (exact) mass is 611 g/mol. The third-order valence-corrected chi connectivity index (χ3v) is 9.02. The van der Waals surface area contributed by atoms with Crippen molar-refractivity contribution >= 4 is 23.6 Å². The maximum atomic E-state index is 13.4. The molecule has 1 aliphatic rings. The number of methoxy groups -OCH3 is 1. The first-order valence-corrected chi connectivity index (χ1v) is 16.3. The molecule has 1 aromatic heterocycles. The summed E-state index contributed by atoms with van der Waals surface area (Å²) in [7, 11) is 1.64. The van der Waals surface area contributed by atoms with E-state index >= 15 is 0 Å². The Kier molecular flexibility index (Phi) is 10.4. The van der Waals surface area contributed by atoms with Crippen molar-refractivity contribution in [1.82, 2.24) is 24.6 Å². The molecule has 2 heterocycles. The molecule has 4 aromatic rings. The molecule has 1 unspecified atom stereocenters. The van der Waals surface area contributed by atoms with Crippen LogP contribution in [0.1, 0.15) is 54.6 Å². The number of piperazine rings is 1. The highest BCUT2D eigenvalue weighted by Crippen LogP contribution is 2.29. The van der Waals surface area contributed by atoms with Gasteiger partial charge >= 0.3 is 0 Å². The van der Waals surface area contributed by atoms with Gasteiger partial charge in [-0.3, -0.25) is 14.2 Å². The molecular formula is C35H41N5O3S. The van der Waals surface area contributed by atoms with Crippen LogP contribution in [0.3, 0.4) is 0 Å². The largest absolute Gasteiger partial charge is 0.497 e. The van der Waals surface area contributed by atoms with Crippen molar-refractivity contribution in [2.75, 3.05) is 32.5 Å². The molecule has 1 atom stereocenters. The number of hydrogen-bond acceptors (Lipinski definition) is 6. The van der Waals surface area contributed by atoms with Gasteiger partial charge in [-0.2, -0.15) is 0 Å². The molecule has 5 rings (SSSR count). The highest BCUT2D eigenvalue weighted by atomic mass is 32.2. The van der Waals surface area contributed by atoms with Crippen molar-refractivity contribution in [3.8, 4) is 22.8 Å². The Bertz CT molecular complexity index is 1550. The average molecular weight is 612 g/mol. The summed E-state index contributed by atoms with van der Waals surface area (Å²) in [6, 6.07) is 23.8. The predicted molar refractivity (Wildman–Crippen MR) is 176 cm³/mol. The van der Waals surface area contributed by atoms with E-state index in [1.165, 1.54) is 36.6 Å². The number of aromatic nitrogens is 3. The summed E-state index contributed by atoms with van der Waals surface area (Å²) < 4.78 is 7.33. The number of unbranched alkanes of at least 4 members (excludes halogenated alkanes) is 2. The lowest BCUT2D eigenvalue weighted by atomic mass is 10.0. The normalized spacial score (nSPS) is 15.0. The molecule has 1 fully saturated rings.